The van der Waals surface area contributed by atoms with Gasteiger partial charge in [-0.25, -0.2) is 13.2 Å². The zero-order chi connectivity index (χ0) is 23.3. The molecule has 2 aromatic carbocycles. The molecular weight excluding hydrogens is 567 g/mol. The first-order valence-electron chi connectivity index (χ1n) is 10.2. The number of nitrogens with zero attached hydrogens (tertiary/aromatic N) is 1. The molecule has 0 radical (unpaired) electrons. The first-order chi connectivity index (χ1) is 15.2. The molecule has 1 aliphatic rings. The van der Waals surface area contributed by atoms with Gasteiger partial charge < -0.3 is 9.64 Å². The van der Waals surface area contributed by atoms with Crippen LogP contribution in [0.5, 0.6) is 0 Å². The second-order valence-electron chi connectivity index (χ2n) is 7.63. The van der Waals surface area contributed by atoms with Crippen LogP contribution in [0.15, 0.2) is 47.4 Å². The number of hydrogen-bond donors (Lipinski definition) is 1. The highest BCUT2D eigenvalue weighted by Gasteiger charge is 2.24. The Morgan fingerprint density at radius 1 is 1.12 bits per heavy atom. The van der Waals surface area contributed by atoms with Crippen LogP contribution in [-0.2, 0) is 19.6 Å². The number of sulfonamides is 1. The monoisotopic (exact) mass is 590 g/mol. The van der Waals surface area contributed by atoms with Crippen molar-refractivity contribution in [2.75, 3.05) is 18.4 Å². The smallest absolute Gasteiger partial charge is 0.340 e. The van der Waals surface area contributed by atoms with Crippen molar-refractivity contribution in [1.82, 2.24) is 4.90 Å². The number of nitrogens with one attached hydrogen (secondary N) is 1. The number of hydrogen-bond acceptors (Lipinski definition) is 5. The number of amides is 1. The van der Waals surface area contributed by atoms with Crippen molar-refractivity contribution in [3.8, 4) is 0 Å². The van der Waals surface area contributed by atoms with Gasteiger partial charge >= 0.3 is 5.97 Å². The lowest BCUT2D eigenvalue weighted by atomic mass is 9.94. The Kier molecular flexibility index (Phi) is 8.40. The van der Waals surface area contributed by atoms with Gasteiger partial charge in [0.05, 0.1) is 15.5 Å². The van der Waals surface area contributed by atoms with Crippen molar-refractivity contribution in [1.29, 1.82) is 0 Å². The maximum absolute atomic E-state index is 12.7. The van der Waals surface area contributed by atoms with E-state index in [0.29, 0.717) is 5.69 Å². The molecule has 32 heavy (non-hydrogen) atoms. The number of carbonyl (C=O) groups is 2. The lowest BCUT2D eigenvalue weighted by molar-refractivity contribution is -0.135. The Bertz CT molecular complexity index is 1090. The van der Waals surface area contributed by atoms with Gasteiger partial charge in [-0.05, 0) is 77.9 Å². The van der Waals surface area contributed by atoms with E-state index in [4.69, 9.17) is 16.3 Å². The Balaban J connectivity index is 1.68. The highest BCUT2D eigenvalue weighted by molar-refractivity contribution is 14.1. The van der Waals surface area contributed by atoms with E-state index in [9.17, 15) is 18.0 Å². The summed E-state index contributed by atoms with van der Waals surface area (Å²) in [6.07, 6.45) is 5.21. The molecule has 1 aliphatic carbocycles. The van der Waals surface area contributed by atoms with Crippen LogP contribution in [0.2, 0.25) is 5.02 Å². The fraction of sp³-hybridized carbons (Fsp3) is 0.364. The van der Waals surface area contributed by atoms with E-state index in [0.717, 1.165) is 35.3 Å². The minimum atomic E-state index is -3.95. The van der Waals surface area contributed by atoms with Gasteiger partial charge in [-0.1, -0.05) is 30.9 Å². The molecule has 0 unspecified atom stereocenters. The molecule has 2 aromatic rings. The molecule has 1 saturated carbocycles. The molecule has 3 rings (SSSR count). The lowest BCUT2D eigenvalue weighted by Gasteiger charge is -2.31. The number of rotatable bonds is 7. The summed E-state index contributed by atoms with van der Waals surface area (Å²) in [7, 11) is -2.24. The van der Waals surface area contributed by atoms with Crippen LogP contribution in [0, 0.1) is 3.57 Å². The Labute approximate surface area is 206 Å². The van der Waals surface area contributed by atoms with Crippen LogP contribution in [0.3, 0.4) is 0 Å². The molecule has 0 spiro atoms. The van der Waals surface area contributed by atoms with Gasteiger partial charge in [-0.3, -0.25) is 9.52 Å². The summed E-state index contributed by atoms with van der Waals surface area (Å²) in [5.41, 5.74) is 0.270. The fourth-order valence-corrected chi connectivity index (χ4v) is 5.18. The van der Waals surface area contributed by atoms with Gasteiger partial charge in [-0.15, -0.1) is 0 Å². The third kappa shape index (κ3) is 6.35. The number of anilines is 1. The molecule has 0 aromatic heterocycles. The van der Waals surface area contributed by atoms with Crippen molar-refractivity contribution < 1.29 is 22.7 Å². The summed E-state index contributed by atoms with van der Waals surface area (Å²) < 4.78 is 34.0. The normalized spacial score (nSPS) is 14.6. The van der Waals surface area contributed by atoms with Crippen molar-refractivity contribution in [3.63, 3.8) is 0 Å². The number of esters is 1. The molecule has 0 saturated heterocycles. The summed E-state index contributed by atoms with van der Waals surface area (Å²) in [4.78, 5) is 26.5. The number of carbonyl (C=O) groups excluding carboxylic acids is 2. The molecule has 1 fully saturated rings. The van der Waals surface area contributed by atoms with Crippen molar-refractivity contribution in [2.24, 2.45) is 0 Å². The predicted octanol–water partition coefficient (Wildman–Crippen LogP) is 4.69. The minimum absolute atomic E-state index is 0.0382. The van der Waals surface area contributed by atoms with Crippen LogP contribution in [0.1, 0.15) is 42.5 Å². The largest absolute Gasteiger partial charge is 0.452 e. The van der Waals surface area contributed by atoms with E-state index in [-0.39, 0.29) is 27.4 Å². The molecule has 0 bridgehead atoms. The Morgan fingerprint density at radius 3 is 2.44 bits per heavy atom. The molecule has 7 nitrogen and oxygen atoms in total. The van der Waals surface area contributed by atoms with Gasteiger partial charge in [0.25, 0.3) is 15.9 Å². The van der Waals surface area contributed by atoms with Gasteiger partial charge in [0.15, 0.2) is 6.61 Å². The average molecular weight is 591 g/mol. The standard InChI is InChI=1S/C22H24ClIN2O5S/c1-26(17-5-3-2-4-6-17)21(27)14-31-22(28)19-13-18(11-12-20(19)23)32(29,30)25-16-9-7-15(24)8-10-16/h7-13,17,25H,2-6,14H2,1H3. The number of benzene rings is 2. The number of ether oxygens (including phenoxy) is 1. The third-order valence-corrected chi connectivity index (χ3v) is 7.83. The molecule has 0 aliphatic heterocycles. The number of halogens is 2. The predicted molar refractivity (Wildman–Crippen MR) is 131 cm³/mol. The molecule has 1 amide bonds. The van der Waals surface area contributed by atoms with Crippen LogP contribution >= 0.6 is 34.2 Å². The van der Waals surface area contributed by atoms with E-state index < -0.39 is 22.6 Å². The van der Waals surface area contributed by atoms with E-state index in [2.05, 4.69) is 27.3 Å². The summed E-state index contributed by atoms with van der Waals surface area (Å²) in [6, 6.07) is 10.7. The van der Waals surface area contributed by atoms with Crippen LogP contribution in [0.4, 0.5) is 5.69 Å². The summed E-state index contributed by atoms with van der Waals surface area (Å²) >= 11 is 8.22. The highest BCUT2D eigenvalue weighted by Crippen LogP contribution is 2.24. The lowest BCUT2D eigenvalue weighted by Crippen LogP contribution is -2.40. The molecule has 0 atom stereocenters. The second kappa shape index (κ2) is 10.8. The summed E-state index contributed by atoms with van der Waals surface area (Å²) in [6.45, 7) is -0.431. The molecule has 1 N–H and O–H groups in total. The topological polar surface area (TPSA) is 92.8 Å². The van der Waals surface area contributed by atoms with Gasteiger partial charge in [-0.2, -0.15) is 0 Å². The summed E-state index contributed by atoms with van der Waals surface area (Å²) in [5, 5.41) is 0.0382. The molecule has 10 heteroatoms. The third-order valence-electron chi connectivity index (χ3n) is 5.41. The second-order valence-corrected chi connectivity index (χ2v) is 11.0. The number of likely N-dealkylation sites (N-methyl/N-ethyl adjacent to an activating group) is 1. The van der Waals surface area contributed by atoms with E-state index in [1.807, 2.05) is 0 Å². The van der Waals surface area contributed by atoms with Gasteiger partial charge in [0.2, 0.25) is 0 Å². The van der Waals surface area contributed by atoms with Crippen molar-refractivity contribution >= 4 is 61.8 Å². The minimum Gasteiger partial charge on any atom is -0.452 e. The average Bonchev–Trinajstić information content (AvgIpc) is 2.78. The molecule has 0 heterocycles. The van der Waals surface area contributed by atoms with E-state index in [1.165, 1.54) is 18.6 Å². The van der Waals surface area contributed by atoms with Crippen LogP contribution in [0.25, 0.3) is 0 Å². The maximum Gasteiger partial charge on any atom is 0.340 e. The molecular formula is C22H24ClIN2O5S. The highest BCUT2D eigenvalue weighted by atomic mass is 127. The first kappa shape index (κ1) is 24.8. The quantitative estimate of drug-likeness (QED) is 0.373. The van der Waals surface area contributed by atoms with Crippen molar-refractivity contribution in [3.05, 3.63) is 56.6 Å². The zero-order valence-corrected chi connectivity index (χ0v) is 21.2. The van der Waals surface area contributed by atoms with Crippen LogP contribution < -0.4 is 4.72 Å². The van der Waals surface area contributed by atoms with Crippen molar-refractivity contribution in [2.45, 2.75) is 43.0 Å². The van der Waals surface area contributed by atoms with Gasteiger partial charge in [0.1, 0.15) is 0 Å². The fourth-order valence-electron chi connectivity index (χ4n) is 3.54. The summed E-state index contributed by atoms with van der Waals surface area (Å²) in [5.74, 6) is -1.16. The Morgan fingerprint density at radius 2 is 1.78 bits per heavy atom. The van der Waals surface area contributed by atoms with Crippen LogP contribution in [-0.4, -0.2) is 44.9 Å². The van der Waals surface area contributed by atoms with E-state index >= 15 is 0 Å². The Hall–Kier alpha value is -1.85. The maximum atomic E-state index is 12.7. The molecule has 172 valence electrons. The zero-order valence-electron chi connectivity index (χ0n) is 17.5. The van der Waals surface area contributed by atoms with E-state index in [1.54, 1.807) is 36.2 Å². The van der Waals surface area contributed by atoms with Gasteiger partial charge in [0, 0.05) is 22.3 Å². The first-order valence-corrected chi connectivity index (χ1v) is 13.1. The SMILES string of the molecule is CN(C(=O)COC(=O)c1cc(S(=O)(=O)Nc2ccc(I)cc2)ccc1Cl)C1CCCCC1.